The average Bonchev–Trinajstić information content (AvgIpc) is 3.15. The van der Waals surface area contributed by atoms with Crippen molar-refractivity contribution in [1.29, 1.82) is 0 Å². The normalized spacial score (nSPS) is 22.9. The minimum atomic E-state index is -0.439. The molecule has 1 atom stereocenters. The number of piperidine rings is 1. The van der Waals surface area contributed by atoms with E-state index in [-0.39, 0.29) is 11.7 Å². The summed E-state index contributed by atoms with van der Waals surface area (Å²) in [6.45, 7) is 6.56. The van der Waals surface area contributed by atoms with Crippen LogP contribution >= 0.6 is 0 Å². The molecule has 0 bridgehead atoms. The molecular formula is C25H31N3O4. The Balaban J connectivity index is 1.33. The molecule has 3 heterocycles. The molecule has 2 aromatic carbocycles. The molecule has 5 rings (SSSR count). The van der Waals surface area contributed by atoms with Crippen LogP contribution in [0.25, 0.3) is 11.0 Å². The number of methoxy groups -OCH3 is 1. The van der Waals surface area contributed by atoms with Crippen LogP contribution in [-0.2, 0) is 15.1 Å². The minimum Gasteiger partial charge on any atom is -0.497 e. The number of nitrogens with zero attached hydrogens (tertiary/aromatic N) is 2. The van der Waals surface area contributed by atoms with E-state index in [2.05, 4.69) is 41.1 Å². The molecule has 0 amide bonds. The van der Waals surface area contributed by atoms with E-state index in [0.29, 0.717) is 19.8 Å². The Hall–Kier alpha value is -2.61. The van der Waals surface area contributed by atoms with Gasteiger partial charge in [-0.15, -0.1) is 0 Å². The highest BCUT2D eigenvalue weighted by atomic mass is 16.6. The van der Waals surface area contributed by atoms with E-state index in [9.17, 15) is 4.79 Å². The minimum absolute atomic E-state index is 0.0491. The van der Waals surface area contributed by atoms with Crippen LogP contribution in [-0.4, -0.2) is 61.0 Å². The molecule has 170 valence electrons. The van der Waals surface area contributed by atoms with E-state index < -0.39 is 5.60 Å². The third-order valence-corrected chi connectivity index (χ3v) is 6.81. The van der Waals surface area contributed by atoms with Crippen molar-refractivity contribution >= 4 is 11.0 Å². The lowest BCUT2D eigenvalue weighted by atomic mass is 9.90. The van der Waals surface area contributed by atoms with Gasteiger partial charge in [0.2, 0.25) is 0 Å². The fourth-order valence-corrected chi connectivity index (χ4v) is 5.15. The van der Waals surface area contributed by atoms with Crippen molar-refractivity contribution < 1.29 is 14.2 Å². The number of aromatic amines is 1. The number of rotatable bonds is 5. The zero-order valence-electron chi connectivity index (χ0n) is 18.8. The van der Waals surface area contributed by atoms with Crippen molar-refractivity contribution in [3.63, 3.8) is 0 Å². The summed E-state index contributed by atoms with van der Waals surface area (Å²) >= 11 is 0. The number of H-pyrrole nitrogens is 1. The second-order valence-corrected chi connectivity index (χ2v) is 8.96. The fourth-order valence-electron chi connectivity index (χ4n) is 5.15. The first kappa shape index (κ1) is 21.2. The number of hydrogen-bond acceptors (Lipinski definition) is 5. The standard InChI is InChI=1S/C25H31N3O4/c1-18-4-3-5-19(14-18)25(17-31-12-13-32-25)16-27-10-8-20(9-11-27)28-23-7-6-21(30-2)15-22(23)26-24(28)29/h3-7,14-15,20H,8-13,16-17H2,1-2H3,(H,26,29). The summed E-state index contributed by atoms with van der Waals surface area (Å²) in [5.74, 6) is 0.747. The molecule has 3 aromatic rings. The first-order valence-electron chi connectivity index (χ1n) is 11.4. The molecule has 32 heavy (non-hydrogen) atoms. The zero-order chi connectivity index (χ0) is 22.1. The van der Waals surface area contributed by atoms with Gasteiger partial charge in [0.25, 0.3) is 0 Å². The summed E-state index contributed by atoms with van der Waals surface area (Å²) in [6.07, 6.45) is 1.84. The number of benzene rings is 2. The second-order valence-electron chi connectivity index (χ2n) is 8.96. The van der Waals surface area contributed by atoms with Gasteiger partial charge in [-0.2, -0.15) is 0 Å². The number of imidazole rings is 1. The molecule has 7 nitrogen and oxygen atoms in total. The quantitative estimate of drug-likeness (QED) is 0.664. The Morgan fingerprint density at radius 1 is 1.16 bits per heavy atom. The van der Waals surface area contributed by atoms with Gasteiger partial charge in [0.05, 0.1) is 38.0 Å². The monoisotopic (exact) mass is 437 g/mol. The fraction of sp³-hybridized carbons (Fsp3) is 0.480. The average molecular weight is 438 g/mol. The lowest BCUT2D eigenvalue weighted by Gasteiger charge is -2.43. The maximum atomic E-state index is 12.7. The lowest BCUT2D eigenvalue weighted by Crippen LogP contribution is -2.51. The van der Waals surface area contributed by atoms with Crippen LogP contribution in [0, 0.1) is 6.92 Å². The topological polar surface area (TPSA) is 68.7 Å². The van der Waals surface area contributed by atoms with Crippen LogP contribution in [0.15, 0.2) is 47.3 Å². The maximum absolute atomic E-state index is 12.7. The molecule has 2 aliphatic heterocycles. The maximum Gasteiger partial charge on any atom is 0.326 e. The van der Waals surface area contributed by atoms with Gasteiger partial charge in [-0.1, -0.05) is 29.8 Å². The summed E-state index contributed by atoms with van der Waals surface area (Å²) in [7, 11) is 1.64. The third-order valence-electron chi connectivity index (χ3n) is 6.81. The predicted molar refractivity (Wildman–Crippen MR) is 123 cm³/mol. The van der Waals surface area contributed by atoms with Crippen molar-refractivity contribution in [2.24, 2.45) is 0 Å². The van der Waals surface area contributed by atoms with Crippen molar-refractivity contribution in [2.75, 3.05) is 46.6 Å². The van der Waals surface area contributed by atoms with Crippen LogP contribution in [0.2, 0.25) is 0 Å². The molecular weight excluding hydrogens is 406 g/mol. The lowest BCUT2D eigenvalue weighted by molar-refractivity contribution is -0.173. The molecule has 1 unspecified atom stereocenters. The summed E-state index contributed by atoms with van der Waals surface area (Å²) in [5, 5.41) is 0. The Morgan fingerprint density at radius 2 is 2.00 bits per heavy atom. The van der Waals surface area contributed by atoms with Gasteiger partial charge in [-0.3, -0.25) is 9.47 Å². The number of hydrogen-bond donors (Lipinski definition) is 1. The molecule has 0 saturated carbocycles. The van der Waals surface area contributed by atoms with Crippen LogP contribution in [0.4, 0.5) is 0 Å². The molecule has 2 aliphatic rings. The third kappa shape index (κ3) is 3.96. The molecule has 0 radical (unpaired) electrons. The van der Waals surface area contributed by atoms with Gasteiger partial charge in [-0.05, 0) is 37.5 Å². The van der Waals surface area contributed by atoms with Crippen molar-refractivity contribution in [3.8, 4) is 5.75 Å². The highest BCUT2D eigenvalue weighted by Crippen LogP contribution is 2.33. The SMILES string of the molecule is COc1ccc2c(c1)[nH]c(=O)n2C1CCN(CC2(c3cccc(C)c3)COCCO2)CC1. The van der Waals surface area contributed by atoms with Crippen LogP contribution < -0.4 is 10.4 Å². The summed E-state index contributed by atoms with van der Waals surface area (Å²) in [5.41, 5.74) is 3.68. The molecule has 0 spiro atoms. The predicted octanol–water partition coefficient (Wildman–Crippen LogP) is 3.23. The first-order valence-corrected chi connectivity index (χ1v) is 11.4. The van der Waals surface area contributed by atoms with Crippen molar-refractivity contribution in [3.05, 3.63) is 64.1 Å². The summed E-state index contributed by atoms with van der Waals surface area (Å²) in [4.78, 5) is 18.2. The van der Waals surface area contributed by atoms with Crippen molar-refractivity contribution in [1.82, 2.24) is 14.5 Å². The highest BCUT2D eigenvalue weighted by Gasteiger charge is 2.39. The number of aromatic nitrogens is 2. The molecule has 1 N–H and O–H groups in total. The van der Waals surface area contributed by atoms with Gasteiger partial charge in [-0.25, -0.2) is 4.79 Å². The van der Waals surface area contributed by atoms with E-state index in [0.717, 1.165) is 49.3 Å². The number of ether oxygens (including phenoxy) is 3. The zero-order valence-corrected chi connectivity index (χ0v) is 18.8. The smallest absolute Gasteiger partial charge is 0.326 e. The second kappa shape index (κ2) is 8.73. The van der Waals surface area contributed by atoms with E-state index in [4.69, 9.17) is 14.2 Å². The molecule has 2 fully saturated rings. The van der Waals surface area contributed by atoms with E-state index in [1.54, 1.807) is 7.11 Å². The molecule has 2 saturated heterocycles. The Kier molecular flexibility index (Phi) is 5.80. The van der Waals surface area contributed by atoms with Gasteiger partial charge in [0.1, 0.15) is 11.4 Å². The van der Waals surface area contributed by atoms with E-state index >= 15 is 0 Å². The first-order chi connectivity index (χ1) is 15.6. The van der Waals surface area contributed by atoms with Crippen LogP contribution in [0.3, 0.4) is 0 Å². The number of fused-ring (bicyclic) bond motifs is 1. The Labute approximate surface area is 187 Å². The molecule has 1 aromatic heterocycles. The molecule has 7 heteroatoms. The van der Waals surface area contributed by atoms with Gasteiger partial charge in [0, 0.05) is 31.7 Å². The Morgan fingerprint density at radius 3 is 2.72 bits per heavy atom. The van der Waals surface area contributed by atoms with Gasteiger partial charge >= 0.3 is 5.69 Å². The highest BCUT2D eigenvalue weighted by molar-refractivity contribution is 5.77. The largest absolute Gasteiger partial charge is 0.497 e. The summed E-state index contributed by atoms with van der Waals surface area (Å²) < 4.78 is 19.5. The number of aryl methyl sites for hydroxylation is 1. The number of likely N-dealkylation sites (tertiary alicyclic amines) is 1. The van der Waals surface area contributed by atoms with Crippen molar-refractivity contribution in [2.45, 2.75) is 31.4 Å². The van der Waals surface area contributed by atoms with E-state index in [1.165, 1.54) is 11.1 Å². The van der Waals surface area contributed by atoms with E-state index in [1.807, 2.05) is 22.8 Å². The number of nitrogens with one attached hydrogen (secondary N) is 1. The van der Waals surface area contributed by atoms with Gasteiger partial charge in [0.15, 0.2) is 0 Å². The van der Waals surface area contributed by atoms with Gasteiger partial charge < -0.3 is 19.2 Å². The Bertz CT molecular complexity index is 1140. The van der Waals surface area contributed by atoms with Crippen LogP contribution in [0.1, 0.15) is 30.0 Å². The summed E-state index contributed by atoms with van der Waals surface area (Å²) in [6, 6.07) is 14.5. The molecule has 0 aliphatic carbocycles. The van der Waals surface area contributed by atoms with Crippen LogP contribution in [0.5, 0.6) is 5.75 Å².